The highest BCUT2D eigenvalue weighted by Gasteiger charge is 2.22. The van der Waals surface area contributed by atoms with Crippen molar-refractivity contribution >= 4 is 22.6 Å². The average Bonchev–Trinajstić information content (AvgIpc) is 2.51. The molecule has 0 saturated carbocycles. The van der Waals surface area contributed by atoms with Gasteiger partial charge in [-0.05, 0) is 60.7 Å². The van der Waals surface area contributed by atoms with Crippen LogP contribution in [0.15, 0.2) is 18.5 Å². The summed E-state index contributed by atoms with van der Waals surface area (Å²) < 4.78 is 1.23. The normalized spacial score (nSPS) is 23.7. The molecule has 0 aromatic carbocycles. The zero-order valence-electron chi connectivity index (χ0n) is 7.70. The molecule has 1 saturated heterocycles. The number of likely N-dealkylation sites (tertiary alicyclic amines) is 1. The third kappa shape index (κ3) is 2.02. The molecule has 0 radical (unpaired) electrons. The third-order valence-corrected chi connectivity index (χ3v) is 3.22. The van der Waals surface area contributed by atoms with E-state index < -0.39 is 0 Å². The Balaban J connectivity index is 2.24. The molecule has 0 spiro atoms. The maximum absolute atomic E-state index is 4.23. The Labute approximate surface area is 92.5 Å². The summed E-state index contributed by atoms with van der Waals surface area (Å²) in [7, 11) is 2.19. The highest BCUT2D eigenvalue weighted by atomic mass is 127. The van der Waals surface area contributed by atoms with Gasteiger partial charge in [0.15, 0.2) is 0 Å². The topological polar surface area (TPSA) is 16.1 Å². The monoisotopic (exact) mass is 288 g/mol. The van der Waals surface area contributed by atoms with Gasteiger partial charge < -0.3 is 0 Å². The van der Waals surface area contributed by atoms with Crippen LogP contribution in [0.5, 0.6) is 0 Å². The Hall–Kier alpha value is -0.160. The van der Waals surface area contributed by atoms with Crippen LogP contribution in [0.3, 0.4) is 0 Å². The number of aromatic nitrogens is 1. The van der Waals surface area contributed by atoms with Crippen LogP contribution in [0.2, 0.25) is 0 Å². The van der Waals surface area contributed by atoms with Crippen molar-refractivity contribution in [3.63, 3.8) is 0 Å². The lowest BCUT2D eigenvalue weighted by Crippen LogP contribution is -2.17. The van der Waals surface area contributed by atoms with Crippen molar-refractivity contribution < 1.29 is 0 Å². The Bertz CT molecular complexity index is 301. The quantitative estimate of drug-likeness (QED) is 0.738. The van der Waals surface area contributed by atoms with E-state index in [-0.39, 0.29) is 0 Å². The second-order valence-corrected chi connectivity index (χ2v) is 4.82. The lowest BCUT2D eigenvalue weighted by atomic mass is 10.1. The first-order valence-electron chi connectivity index (χ1n) is 4.58. The lowest BCUT2D eigenvalue weighted by Gasteiger charge is -2.19. The minimum absolute atomic E-state index is 0.599. The van der Waals surface area contributed by atoms with Gasteiger partial charge >= 0.3 is 0 Å². The van der Waals surface area contributed by atoms with E-state index in [2.05, 4.69) is 45.6 Å². The van der Waals surface area contributed by atoms with Crippen LogP contribution in [-0.4, -0.2) is 23.5 Å². The molecular formula is C10H13IN2. The Morgan fingerprint density at radius 1 is 1.54 bits per heavy atom. The van der Waals surface area contributed by atoms with Gasteiger partial charge in [0, 0.05) is 22.0 Å². The first kappa shape index (κ1) is 9.40. The molecule has 0 bridgehead atoms. The standard InChI is InChI=1S/C10H13IN2/c1-13-4-2-3-10(13)8-5-9(11)7-12-6-8/h5-7,10H,2-4H2,1H3/t10-/m0/s1. The fraction of sp³-hybridized carbons (Fsp3) is 0.500. The van der Waals surface area contributed by atoms with E-state index in [9.17, 15) is 0 Å². The predicted octanol–water partition coefficient (Wildman–Crippen LogP) is 2.45. The smallest absolute Gasteiger partial charge is 0.0401 e. The van der Waals surface area contributed by atoms with Crippen molar-refractivity contribution in [2.24, 2.45) is 0 Å². The predicted molar refractivity (Wildman–Crippen MR) is 61.6 cm³/mol. The molecular weight excluding hydrogens is 275 g/mol. The summed E-state index contributed by atoms with van der Waals surface area (Å²) >= 11 is 2.32. The van der Waals surface area contributed by atoms with Crippen molar-refractivity contribution in [3.8, 4) is 0 Å². The van der Waals surface area contributed by atoms with Gasteiger partial charge in [-0.1, -0.05) is 0 Å². The van der Waals surface area contributed by atoms with E-state index >= 15 is 0 Å². The molecule has 1 fully saturated rings. The third-order valence-electron chi connectivity index (χ3n) is 2.63. The van der Waals surface area contributed by atoms with Crippen molar-refractivity contribution in [2.75, 3.05) is 13.6 Å². The van der Waals surface area contributed by atoms with Crippen LogP contribution in [0, 0.1) is 3.57 Å². The van der Waals surface area contributed by atoms with E-state index in [1.807, 2.05) is 12.4 Å². The molecule has 2 heterocycles. The van der Waals surface area contributed by atoms with E-state index in [0.717, 1.165) is 0 Å². The Morgan fingerprint density at radius 2 is 2.38 bits per heavy atom. The molecule has 0 N–H and O–H groups in total. The second kappa shape index (κ2) is 3.92. The summed E-state index contributed by atoms with van der Waals surface area (Å²) in [5.74, 6) is 0. The molecule has 1 aromatic heterocycles. The fourth-order valence-corrected chi connectivity index (χ4v) is 2.46. The van der Waals surface area contributed by atoms with Crippen molar-refractivity contribution in [1.29, 1.82) is 0 Å². The second-order valence-electron chi connectivity index (χ2n) is 3.58. The minimum Gasteiger partial charge on any atom is -0.299 e. The zero-order valence-corrected chi connectivity index (χ0v) is 9.86. The number of rotatable bonds is 1. The van der Waals surface area contributed by atoms with Crippen molar-refractivity contribution in [1.82, 2.24) is 9.88 Å². The van der Waals surface area contributed by atoms with Crippen molar-refractivity contribution in [2.45, 2.75) is 18.9 Å². The number of nitrogens with zero attached hydrogens (tertiary/aromatic N) is 2. The SMILES string of the molecule is CN1CCC[C@H]1c1cncc(I)c1. The molecule has 3 heteroatoms. The molecule has 0 unspecified atom stereocenters. The molecule has 13 heavy (non-hydrogen) atoms. The first-order chi connectivity index (χ1) is 6.27. The van der Waals surface area contributed by atoms with Crippen LogP contribution < -0.4 is 0 Å². The molecule has 0 amide bonds. The zero-order chi connectivity index (χ0) is 9.26. The Morgan fingerprint density at radius 3 is 3.00 bits per heavy atom. The summed E-state index contributed by atoms with van der Waals surface area (Å²) in [4.78, 5) is 6.64. The van der Waals surface area contributed by atoms with Gasteiger partial charge in [-0.15, -0.1) is 0 Å². The largest absolute Gasteiger partial charge is 0.299 e. The number of hydrogen-bond donors (Lipinski definition) is 0. The summed E-state index contributed by atoms with van der Waals surface area (Å²) in [5.41, 5.74) is 1.37. The summed E-state index contributed by atoms with van der Waals surface area (Å²) in [5, 5.41) is 0. The van der Waals surface area contributed by atoms with Gasteiger partial charge in [0.25, 0.3) is 0 Å². The van der Waals surface area contributed by atoms with Gasteiger partial charge in [-0.2, -0.15) is 0 Å². The maximum atomic E-state index is 4.23. The van der Waals surface area contributed by atoms with E-state index in [0.29, 0.717) is 6.04 Å². The van der Waals surface area contributed by atoms with Crippen LogP contribution in [-0.2, 0) is 0 Å². The molecule has 1 aromatic rings. The van der Waals surface area contributed by atoms with Gasteiger partial charge in [-0.3, -0.25) is 9.88 Å². The molecule has 1 aliphatic rings. The van der Waals surface area contributed by atoms with E-state index in [4.69, 9.17) is 0 Å². The Kier molecular flexibility index (Phi) is 2.83. The van der Waals surface area contributed by atoms with Crippen LogP contribution in [0.25, 0.3) is 0 Å². The minimum atomic E-state index is 0.599. The lowest BCUT2D eigenvalue weighted by molar-refractivity contribution is 0.317. The molecule has 1 aliphatic heterocycles. The van der Waals surface area contributed by atoms with E-state index in [1.54, 1.807) is 0 Å². The summed E-state index contributed by atoms with van der Waals surface area (Å²) in [6, 6.07) is 2.84. The van der Waals surface area contributed by atoms with E-state index in [1.165, 1.54) is 28.5 Å². The molecule has 2 nitrogen and oxygen atoms in total. The molecule has 1 atom stereocenters. The van der Waals surface area contributed by atoms with Gasteiger partial charge in [0.2, 0.25) is 0 Å². The highest BCUT2D eigenvalue weighted by Crippen LogP contribution is 2.30. The number of hydrogen-bond acceptors (Lipinski definition) is 2. The molecule has 0 aliphatic carbocycles. The average molecular weight is 288 g/mol. The first-order valence-corrected chi connectivity index (χ1v) is 5.66. The number of halogens is 1. The summed E-state index contributed by atoms with van der Waals surface area (Å²) in [6.07, 6.45) is 6.48. The highest BCUT2D eigenvalue weighted by molar-refractivity contribution is 14.1. The van der Waals surface area contributed by atoms with Crippen LogP contribution in [0.4, 0.5) is 0 Å². The maximum Gasteiger partial charge on any atom is 0.0401 e. The van der Waals surface area contributed by atoms with Gasteiger partial charge in [-0.25, -0.2) is 0 Å². The molecule has 70 valence electrons. The number of pyridine rings is 1. The fourth-order valence-electron chi connectivity index (χ4n) is 1.94. The van der Waals surface area contributed by atoms with Crippen molar-refractivity contribution in [3.05, 3.63) is 27.6 Å². The van der Waals surface area contributed by atoms with Gasteiger partial charge in [0.05, 0.1) is 0 Å². The summed E-state index contributed by atoms with van der Waals surface area (Å²) in [6.45, 7) is 1.22. The molecule has 2 rings (SSSR count). The van der Waals surface area contributed by atoms with Crippen LogP contribution in [0.1, 0.15) is 24.4 Å². The van der Waals surface area contributed by atoms with Crippen LogP contribution >= 0.6 is 22.6 Å². The van der Waals surface area contributed by atoms with Gasteiger partial charge in [0.1, 0.15) is 0 Å².